The molecule has 1 fully saturated rings. The molecule has 8 heavy (non-hydrogen) atoms. The Morgan fingerprint density at radius 1 is 1.50 bits per heavy atom. The fourth-order valence-electron chi connectivity index (χ4n) is 0.927. The Kier molecular flexibility index (Phi) is 1.86. The number of hydrogen-bond acceptors (Lipinski definition) is 2. The molecule has 2 unspecified atom stereocenters. The first-order valence-corrected chi connectivity index (χ1v) is 3.07. The quantitative estimate of drug-likeness (QED) is 0.511. The first-order chi connectivity index (χ1) is 3.84. The first-order valence-electron chi connectivity index (χ1n) is 3.07. The second-order valence-electron chi connectivity index (χ2n) is 2.10. The molecule has 0 spiro atoms. The van der Waals surface area contributed by atoms with Crippen LogP contribution in [0.5, 0.6) is 0 Å². The molecule has 0 amide bonds. The molecule has 0 aromatic carbocycles. The summed E-state index contributed by atoms with van der Waals surface area (Å²) in [6, 6.07) is 0. The maximum Gasteiger partial charge on any atom is 0.147 e. The van der Waals surface area contributed by atoms with Crippen molar-refractivity contribution in [3.05, 3.63) is 0 Å². The largest absolute Gasteiger partial charge is 0.350 e. The van der Waals surface area contributed by atoms with Crippen LogP contribution in [0.25, 0.3) is 0 Å². The van der Waals surface area contributed by atoms with Gasteiger partial charge in [0.15, 0.2) is 0 Å². The van der Waals surface area contributed by atoms with Crippen LogP contribution >= 0.6 is 0 Å². The summed E-state index contributed by atoms with van der Waals surface area (Å²) in [5.41, 5.74) is 0. The van der Waals surface area contributed by atoms with Crippen LogP contribution in [0, 0.1) is 0 Å². The molecule has 1 aliphatic rings. The average Bonchev–Trinajstić information content (AvgIpc) is 2.14. The SMILES string of the molecule is CCC1OCOC1C. The fourth-order valence-corrected chi connectivity index (χ4v) is 0.927. The zero-order chi connectivity index (χ0) is 5.98. The van der Waals surface area contributed by atoms with Crippen LogP contribution in [0.3, 0.4) is 0 Å². The third-order valence-corrected chi connectivity index (χ3v) is 1.54. The molecule has 1 aliphatic heterocycles. The van der Waals surface area contributed by atoms with E-state index >= 15 is 0 Å². The minimum Gasteiger partial charge on any atom is -0.350 e. The molecule has 0 aliphatic carbocycles. The molecule has 48 valence electrons. The summed E-state index contributed by atoms with van der Waals surface area (Å²) in [7, 11) is 0. The van der Waals surface area contributed by atoms with E-state index in [9.17, 15) is 0 Å². The maximum atomic E-state index is 5.19. The van der Waals surface area contributed by atoms with Crippen LogP contribution in [0.15, 0.2) is 0 Å². The summed E-state index contributed by atoms with van der Waals surface area (Å²) >= 11 is 0. The van der Waals surface area contributed by atoms with Gasteiger partial charge in [0.2, 0.25) is 0 Å². The van der Waals surface area contributed by atoms with Gasteiger partial charge in [-0.1, -0.05) is 6.92 Å². The second kappa shape index (κ2) is 2.46. The molecule has 1 rings (SSSR count). The molecule has 0 aromatic heterocycles. The van der Waals surface area contributed by atoms with E-state index in [0.717, 1.165) is 6.42 Å². The van der Waals surface area contributed by atoms with Gasteiger partial charge in [-0.15, -0.1) is 0 Å². The highest BCUT2D eigenvalue weighted by Gasteiger charge is 2.22. The Morgan fingerprint density at radius 2 is 2.25 bits per heavy atom. The van der Waals surface area contributed by atoms with Crippen molar-refractivity contribution >= 4 is 0 Å². The van der Waals surface area contributed by atoms with Crippen molar-refractivity contribution in [3.8, 4) is 0 Å². The van der Waals surface area contributed by atoms with Crippen molar-refractivity contribution in [1.29, 1.82) is 0 Å². The summed E-state index contributed by atoms with van der Waals surface area (Å²) in [6.07, 6.45) is 1.70. The van der Waals surface area contributed by atoms with Gasteiger partial charge in [0.1, 0.15) is 6.79 Å². The summed E-state index contributed by atoms with van der Waals surface area (Å²) in [6.45, 7) is 4.64. The summed E-state index contributed by atoms with van der Waals surface area (Å²) in [5, 5.41) is 0. The van der Waals surface area contributed by atoms with E-state index < -0.39 is 0 Å². The van der Waals surface area contributed by atoms with Crippen LogP contribution in [-0.4, -0.2) is 19.0 Å². The third kappa shape index (κ3) is 1.01. The van der Waals surface area contributed by atoms with Crippen LogP contribution in [-0.2, 0) is 9.47 Å². The fraction of sp³-hybridized carbons (Fsp3) is 1.00. The topological polar surface area (TPSA) is 18.5 Å². The Bertz CT molecular complexity index is 72.9. The molecule has 2 heteroatoms. The zero-order valence-electron chi connectivity index (χ0n) is 5.39. The van der Waals surface area contributed by atoms with Crippen molar-refractivity contribution in [2.24, 2.45) is 0 Å². The lowest BCUT2D eigenvalue weighted by Crippen LogP contribution is -2.17. The predicted octanol–water partition coefficient (Wildman–Crippen LogP) is 1.16. The Hall–Kier alpha value is -0.0800. The minimum atomic E-state index is 0.306. The number of rotatable bonds is 1. The minimum absolute atomic E-state index is 0.306. The molecular formula is C6H12O2. The summed E-state index contributed by atoms with van der Waals surface area (Å²) < 4.78 is 10.3. The predicted molar refractivity (Wildman–Crippen MR) is 30.6 cm³/mol. The molecule has 0 bridgehead atoms. The van der Waals surface area contributed by atoms with E-state index in [2.05, 4.69) is 6.92 Å². The lowest BCUT2D eigenvalue weighted by molar-refractivity contribution is 0.0401. The Labute approximate surface area is 49.8 Å². The van der Waals surface area contributed by atoms with Crippen molar-refractivity contribution in [2.45, 2.75) is 32.5 Å². The Balaban J connectivity index is 2.30. The van der Waals surface area contributed by atoms with Crippen LogP contribution in [0.2, 0.25) is 0 Å². The molecule has 1 heterocycles. The number of ether oxygens (including phenoxy) is 2. The highest BCUT2D eigenvalue weighted by atomic mass is 16.7. The van der Waals surface area contributed by atoms with E-state index in [1.54, 1.807) is 0 Å². The van der Waals surface area contributed by atoms with E-state index in [1.807, 2.05) is 6.92 Å². The average molecular weight is 116 g/mol. The van der Waals surface area contributed by atoms with Crippen LogP contribution < -0.4 is 0 Å². The number of hydrogen-bond donors (Lipinski definition) is 0. The van der Waals surface area contributed by atoms with Gasteiger partial charge in [0, 0.05) is 0 Å². The van der Waals surface area contributed by atoms with Crippen molar-refractivity contribution in [3.63, 3.8) is 0 Å². The highest BCUT2D eigenvalue weighted by molar-refractivity contribution is 4.66. The van der Waals surface area contributed by atoms with Gasteiger partial charge in [-0.05, 0) is 13.3 Å². The molecule has 0 radical (unpaired) electrons. The molecule has 0 N–H and O–H groups in total. The van der Waals surface area contributed by atoms with E-state index in [0.29, 0.717) is 19.0 Å². The van der Waals surface area contributed by atoms with Gasteiger partial charge >= 0.3 is 0 Å². The van der Waals surface area contributed by atoms with E-state index in [-0.39, 0.29) is 0 Å². The van der Waals surface area contributed by atoms with Gasteiger partial charge in [0.05, 0.1) is 12.2 Å². The molecule has 2 atom stereocenters. The van der Waals surface area contributed by atoms with Gasteiger partial charge in [-0.3, -0.25) is 0 Å². The first kappa shape index (κ1) is 6.05. The molecule has 0 aromatic rings. The highest BCUT2D eigenvalue weighted by Crippen LogP contribution is 2.14. The van der Waals surface area contributed by atoms with Crippen molar-refractivity contribution in [1.82, 2.24) is 0 Å². The molecule has 1 saturated heterocycles. The van der Waals surface area contributed by atoms with Crippen molar-refractivity contribution in [2.75, 3.05) is 6.79 Å². The van der Waals surface area contributed by atoms with E-state index in [4.69, 9.17) is 9.47 Å². The summed E-state index contributed by atoms with van der Waals surface area (Å²) in [5.74, 6) is 0. The van der Waals surface area contributed by atoms with Crippen LogP contribution in [0.4, 0.5) is 0 Å². The Morgan fingerprint density at radius 3 is 2.50 bits per heavy atom. The second-order valence-corrected chi connectivity index (χ2v) is 2.10. The standard InChI is InChI=1S/C6H12O2/c1-3-6-5(2)7-4-8-6/h5-6H,3-4H2,1-2H3. The monoisotopic (exact) mass is 116 g/mol. The van der Waals surface area contributed by atoms with Gasteiger partial charge in [0.25, 0.3) is 0 Å². The lowest BCUT2D eigenvalue weighted by Gasteiger charge is -2.07. The van der Waals surface area contributed by atoms with E-state index in [1.165, 1.54) is 0 Å². The van der Waals surface area contributed by atoms with Gasteiger partial charge in [-0.25, -0.2) is 0 Å². The van der Waals surface area contributed by atoms with Crippen molar-refractivity contribution < 1.29 is 9.47 Å². The smallest absolute Gasteiger partial charge is 0.147 e. The zero-order valence-corrected chi connectivity index (χ0v) is 5.39. The van der Waals surface area contributed by atoms with Gasteiger partial charge < -0.3 is 9.47 Å². The maximum absolute atomic E-state index is 5.19. The lowest BCUT2D eigenvalue weighted by atomic mass is 10.2. The van der Waals surface area contributed by atoms with Crippen LogP contribution in [0.1, 0.15) is 20.3 Å². The third-order valence-electron chi connectivity index (χ3n) is 1.54. The molecular weight excluding hydrogens is 104 g/mol. The molecule has 2 nitrogen and oxygen atoms in total. The van der Waals surface area contributed by atoms with Gasteiger partial charge in [-0.2, -0.15) is 0 Å². The normalized spacial score (nSPS) is 38.2. The summed E-state index contributed by atoms with van der Waals surface area (Å²) in [4.78, 5) is 0. The molecule has 0 saturated carbocycles.